The maximum absolute atomic E-state index is 12.0. The van der Waals surface area contributed by atoms with Gasteiger partial charge in [-0.25, -0.2) is 58.1 Å². The molecule has 1 unspecified atom stereocenters. The zero-order chi connectivity index (χ0) is 22.9. The summed E-state index contributed by atoms with van der Waals surface area (Å²) in [6, 6.07) is 0. The molecule has 1 aliphatic rings. The van der Waals surface area contributed by atoms with E-state index in [1.807, 2.05) is 0 Å². The Balaban J connectivity index is 2.80. The summed E-state index contributed by atoms with van der Waals surface area (Å²) in [5, 5.41) is 17.3. The van der Waals surface area contributed by atoms with Crippen LogP contribution in [0.3, 0.4) is 0 Å². The lowest BCUT2D eigenvalue weighted by molar-refractivity contribution is -0.277. The first-order valence-corrected chi connectivity index (χ1v) is 7.63. The number of carbonyl (C=O) groups is 6. The molecule has 0 amide bonds. The molecule has 0 aromatic carbocycles. The number of nitrogens with two attached hydrogens (primary N) is 1. The van der Waals surface area contributed by atoms with Crippen LogP contribution in [-0.2, 0) is 58.1 Å². The number of aliphatic hydroxyl groups is 1. The zero-order valence-corrected chi connectivity index (χ0v) is 15.1. The highest BCUT2D eigenvalue weighted by Crippen LogP contribution is 2.20. The molecule has 4 N–H and O–H groups in total. The van der Waals surface area contributed by atoms with Crippen molar-refractivity contribution in [2.75, 3.05) is 13.6 Å². The van der Waals surface area contributed by atoms with Gasteiger partial charge in [0.05, 0.1) is 12.8 Å². The Kier molecular flexibility index (Phi) is 8.23. The van der Waals surface area contributed by atoms with Crippen LogP contribution in [0.15, 0.2) is 12.2 Å². The first-order valence-electron chi connectivity index (χ1n) is 7.63. The Bertz CT molecular complexity index is 792. The first-order chi connectivity index (χ1) is 13.9. The van der Waals surface area contributed by atoms with E-state index in [9.17, 15) is 33.9 Å². The van der Waals surface area contributed by atoms with Crippen LogP contribution in [-0.4, -0.2) is 71.0 Å². The Morgan fingerprint density at radius 2 is 1.63 bits per heavy atom. The Hall–Kier alpha value is -4.21. The average molecular weight is 433 g/mol. The minimum atomic E-state index is -3.04. The first kappa shape index (κ1) is 23.8. The predicted molar refractivity (Wildman–Crippen MR) is 84.4 cm³/mol. The van der Waals surface area contributed by atoms with Crippen molar-refractivity contribution >= 4 is 41.8 Å². The Morgan fingerprint density at radius 1 is 1.10 bits per heavy atom. The molecule has 0 bridgehead atoms. The SMILES string of the molecule is CN(CC(=O)OOC(=O)CC1(O)CC(=O)OOC(=O)/C=C\C(=O)OOC1=O)C(=N)N. The molecular formula is C14H15N3O13. The van der Waals surface area contributed by atoms with Gasteiger partial charge in [0, 0.05) is 19.2 Å². The second-order valence-electron chi connectivity index (χ2n) is 5.50. The van der Waals surface area contributed by atoms with Crippen LogP contribution in [0, 0.1) is 5.41 Å². The van der Waals surface area contributed by atoms with Crippen molar-refractivity contribution in [3.8, 4) is 0 Å². The number of rotatable bonds is 4. The van der Waals surface area contributed by atoms with Crippen molar-refractivity contribution < 1.29 is 63.2 Å². The van der Waals surface area contributed by atoms with E-state index in [4.69, 9.17) is 11.1 Å². The molecule has 30 heavy (non-hydrogen) atoms. The maximum Gasteiger partial charge on any atom is 0.387 e. The average Bonchev–Trinajstić information content (AvgIpc) is 2.66. The lowest BCUT2D eigenvalue weighted by Gasteiger charge is -2.22. The van der Waals surface area contributed by atoms with Gasteiger partial charge in [0.1, 0.15) is 6.54 Å². The van der Waals surface area contributed by atoms with Crippen molar-refractivity contribution in [2.24, 2.45) is 5.73 Å². The predicted octanol–water partition coefficient (Wildman–Crippen LogP) is -3.10. The van der Waals surface area contributed by atoms with Gasteiger partial charge in [-0.1, -0.05) is 0 Å². The number of nitrogens with zero attached hydrogens (tertiary/aromatic N) is 1. The molecule has 0 saturated carbocycles. The molecule has 0 saturated heterocycles. The number of hydrogen-bond donors (Lipinski definition) is 3. The standard InChI is InChI=1S/C14H15N3O13/c1-17(13(15)16)6-11(22)29-28-10(21)5-14(24)4-9(20)27-25-7(18)2-3-8(19)26-30-12(14)23/h2-3,24H,4-6H2,1H3,(H3,15,16)/b3-2-. The second-order valence-corrected chi connectivity index (χ2v) is 5.50. The van der Waals surface area contributed by atoms with Crippen molar-refractivity contribution in [3.63, 3.8) is 0 Å². The van der Waals surface area contributed by atoms with E-state index in [2.05, 4.69) is 29.3 Å². The molecule has 16 heteroatoms. The van der Waals surface area contributed by atoms with Gasteiger partial charge in [0.15, 0.2) is 11.6 Å². The summed E-state index contributed by atoms with van der Waals surface area (Å²) in [6.45, 7) is -0.587. The maximum atomic E-state index is 12.0. The summed E-state index contributed by atoms with van der Waals surface area (Å²) in [5.41, 5.74) is 2.06. The van der Waals surface area contributed by atoms with Crippen molar-refractivity contribution in [1.29, 1.82) is 5.41 Å². The van der Waals surface area contributed by atoms with Crippen LogP contribution in [0.4, 0.5) is 0 Å². The molecule has 0 radical (unpaired) electrons. The normalized spacial score (nSPS) is 20.7. The molecule has 1 atom stereocenters. The molecule has 1 rings (SSSR count). The van der Waals surface area contributed by atoms with E-state index in [0.29, 0.717) is 12.2 Å². The van der Waals surface area contributed by atoms with E-state index in [1.54, 1.807) is 0 Å². The van der Waals surface area contributed by atoms with E-state index in [-0.39, 0.29) is 0 Å². The summed E-state index contributed by atoms with van der Waals surface area (Å²) in [4.78, 5) is 94.3. The number of guanidine groups is 1. The topological polar surface area (TPSA) is 231 Å². The fourth-order valence-electron chi connectivity index (χ4n) is 1.58. The Morgan fingerprint density at radius 3 is 2.20 bits per heavy atom. The van der Waals surface area contributed by atoms with Gasteiger partial charge in [-0.15, -0.1) is 0 Å². The van der Waals surface area contributed by atoms with Gasteiger partial charge in [0.25, 0.3) is 0 Å². The third-order valence-electron chi connectivity index (χ3n) is 3.03. The summed E-state index contributed by atoms with van der Waals surface area (Å²) in [6.07, 6.45) is -1.75. The van der Waals surface area contributed by atoms with Crippen LogP contribution < -0.4 is 5.73 Å². The molecule has 0 aromatic heterocycles. The molecule has 1 heterocycles. The van der Waals surface area contributed by atoms with E-state index < -0.39 is 66.8 Å². The van der Waals surface area contributed by atoms with Crippen LogP contribution in [0.1, 0.15) is 12.8 Å². The third-order valence-corrected chi connectivity index (χ3v) is 3.03. The summed E-state index contributed by atoms with van der Waals surface area (Å²) >= 11 is 0. The van der Waals surface area contributed by atoms with E-state index in [0.717, 1.165) is 4.90 Å². The third kappa shape index (κ3) is 7.80. The van der Waals surface area contributed by atoms with Crippen molar-refractivity contribution in [1.82, 2.24) is 4.90 Å². The zero-order valence-electron chi connectivity index (χ0n) is 15.1. The fourth-order valence-corrected chi connectivity index (χ4v) is 1.58. The quantitative estimate of drug-likeness (QED) is 0.172. The molecule has 0 fully saturated rings. The van der Waals surface area contributed by atoms with Gasteiger partial charge in [-0.3, -0.25) is 5.41 Å². The highest BCUT2D eigenvalue weighted by Gasteiger charge is 2.46. The summed E-state index contributed by atoms with van der Waals surface area (Å²) in [5.74, 6) is -9.23. The fraction of sp³-hybridized carbons (Fsp3) is 0.357. The van der Waals surface area contributed by atoms with E-state index >= 15 is 0 Å². The summed E-state index contributed by atoms with van der Waals surface area (Å²) < 4.78 is 0. The lowest BCUT2D eigenvalue weighted by Crippen LogP contribution is -2.45. The van der Waals surface area contributed by atoms with Gasteiger partial charge in [-0.05, 0) is 0 Å². The highest BCUT2D eigenvalue weighted by molar-refractivity contribution is 5.94. The molecule has 0 spiro atoms. The van der Waals surface area contributed by atoms with Crippen LogP contribution in [0.2, 0.25) is 0 Å². The number of nitrogens with one attached hydrogen (secondary N) is 1. The lowest BCUT2D eigenvalue weighted by atomic mass is 9.96. The smallest absolute Gasteiger partial charge is 0.377 e. The van der Waals surface area contributed by atoms with Crippen LogP contribution in [0.5, 0.6) is 0 Å². The monoisotopic (exact) mass is 433 g/mol. The van der Waals surface area contributed by atoms with Gasteiger partial charge < -0.3 is 15.7 Å². The minimum absolute atomic E-state index is 0.440. The molecule has 164 valence electrons. The molecule has 16 nitrogen and oxygen atoms in total. The number of likely N-dealkylation sites (N-methyl/N-ethyl adjacent to an activating group) is 1. The van der Waals surface area contributed by atoms with Crippen LogP contribution in [0.25, 0.3) is 0 Å². The summed E-state index contributed by atoms with van der Waals surface area (Å²) in [7, 11) is 1.25. The number of hydrogen-bond acceptors (Lipinski definition) is 14. The minimum Gasteiger partial charge on any atom is -0.377 e. The van der Waals surface area contributed by atoms with Gasteiger partial charge >= 0.3 is 35.8 Å². The van der Waals surface area contributed by atoms with Crippen molar-refractivity contribution in [3.05, 3.63) is 12.2 Å². The van der Waals surface area contributed by atoms with Crippen LogP contribution >= 0.6 is 0 Å². The van der Waals surface area contributed by atoms with Gasteiger partial charge in [0.2, 0.25) is 0 Å². The highest BCUT2D eigenvalue weighted by atomic mass is 17.2. The largest absolute Gasteiger partial charge is 0.387 e. The molecule has 1 aliphatic heterocycles. The molecular weight excluding hydrogens is 418 g/mol. The van der Waals surface area contributed by atoms with Gasteiger partial charge in [-0.2, -0.15) is 0 Å². The van der Waals surface area contributed by atoms with E-state index in [1.165, 1.54) is 7.05 Å². The number of carbonyl (C=O) groups excluding carboxylic acids is 6. The molecule has 0 aliphatic carbocycles. The second kappa shape index (κ2) is 10.4. The van der Waals surface area contributed by atoms with Crippen molar-refractivity contribution in [2.45, 2.75) is 18.4 Å². The molecule has 0 aromatic rings. The Labute approximate surface area is 166 Å².